The van der Waals surface area contributed by atoms with Crippen LogP contribution >= 0.6 is 0 Å². The van der Waals surface area contributed by atoms with Crippen molar-refractivity contribution in [2.45, 2.75) is 0 Å². The zero-order chi connectivity index (χ0) is 9.97. The van der Waals surface area contributed by atoms with Crippen LogP contribution in [0.5, 0.6) is 5.88 Å². The molecule has 0 aliphatic carbocycles. The average Bonchev–Trinajstić information content (AvgIpc) is 2.71. The van der Waals surface area contributed by atoms with Gasteiger partial charge < -0.3 is 9.26 Å². The topological polar surface area (TPSA) is 73.9 Å². The summed E-state index contributed by atoms with van der Waals surface area (Å²) < 4.78 is 22.1. The van der Waals surface area contributed by atoms with E-state index in [1.807, 2.05) is 0 Å². The number of halogens is 1. The van der Waals surface area contributed by atoms with Crippen LogP contribution in [0.1, 0.15) is 0 Å². The van der Waals surface area contributed by atoms with Crippen molar-refractivity contribution in [3.05, 3.63) is 18.4 Å². The number of methoxy groups -OCH3 is 1. The summed E-state index contributed by atoms with van der Waals surface area (Å²) in [6, 6.07) is 0. The lowest BCUT2D eigenvalue weighted by Crippen LogP contribution is -1.97. The van der Waals surface area contributed by atoms with Crippen molar-refractivity contribution >= 4 is 0 Å². The van der Waals surface area contributed by atoms with Gasteiger partial charge in [0.25, 0.3) is 5.88 Å². The van der Waals surface area contributed by atoms with Gasteiger partial charge in [0.15, 0.2) is 0 Å². The lowest BCUT2D eigenvalue weighted by atomic mass is 10.5. The molecule has 6 nitrogen and oxygen atoms in total. The van der Waals surface area contributed by atoms with Gasteiger partial charge in [-0.15, -0.1) is 0 Å². The predicted molar refractivity (Wildman–Crippen MR) is 41.8 cm³/mol. The average molecular weight is 196 g/mol. The third-order valence-corrected chi connectivity index (χ3v) is 1.47. The molecular formula is C7H5FN4O2. The molecule has 0 saturated carbocycles. The molecular weight excluding hydrogens is 191 g/mol. The van der Waals surface area contributed by atoms with Crippen LogP contribution in [0.3, 0.4) is 0 Å². The molecule has 0 atom stereocenters. The molecule has 2 aromatic rings. The van der Waals surface area contributed by atoms with E-state index in [2.05, 4.69) is 29.4 Å². The summed E-state index contributed by atoms with van der Waals surface area (Å²) in [4.78, 5) is 11.1. The first-order valence-electron chi connectivity index (χ1n) is 3.64. The maximum absolute atomic E-state index is 12.9. The molecule has 0 N–H and O–H groups in total. The summed E-state index contributed by atoms with van der Waals surface area (Å²) >= 11 is 0. The van der Waals surface area contributed by atoms with Crippen molar-refractivity contribution < 1.29 is 13.7 Å². The highest BCUT2D eigenvalue weighted by atomic mass is 19.1. The maximum atomic E-state index is 12.9. The van der Waals surface area contributed by atoms with Crippen molar-refractivity contribution in [3.63, 3.8) is 0 Å². The summed E-state index contributed by atoms with van der Waals surface area (Å²) in [5, 5.41) is 3.50. The fourth-order valence-electron chi connectivity index (χ4n) is 0.871. The van der Waals surface area contributed by atoms with Gasteiger partial charge in [-0.05, 0) is 0 Å². The van der Waals surface area contributed by atoms with Crippen molar-refractivity contribution in [3.8, 4) is 17.5 Å². The van der Waals surface area contributed by atoms with Crippen molar-refractivity contribution in [2.75, 3.05) is 7.11 Å². The Kier molecular flexibility index (Phi) is 2.05. The first-order valence-corrected chi connectivity index (χ1v) is 3.64. The molecule has 0 fully saturated rings. The van der Waals surface area contributed by atoms with E-state index in [0.717, 1.165) is 12.6 Å². The van der Waals surface area contributed by atoms with Gasteiger partial charge in [0, 0.05) is 0 Å². The van der Waals surface area contributed by atoms with E-state index in [0.29, 0.717) is 0 Å². The molecule has 0 aliphatic heterocycles. The van der Waals surface area contributed by atoms with Crippen LogP contribution in [-0.2, 0) is 0 Å². The number of hydrogen-bond acceptors (Lipinski definition) is 6. The summed E-state index contributed by atoms with van der Waals surface area (Å²) in [6.07, 6.45) is 2.12. The highest BCUT2D eigenvalue weighted by Gasteiger charge is 2.11. The molecule has 0 radical (unpaired) electrons. The van der Waals surface area contributed by atoms with E-state index in [1.54, 1.807) is 0 Å². The third-order valence-electron chi connectivity index (χ3n) is 1.47. The van der Waals surface area contributed by atoms with E-state index in [9.17, 15) is 4.39 Å². The second kappa shape index (κ2) is 3.36. The van der Waals surface area contributed by atoms with E-state index in [4.69, 9.17) is 0 Å². The minimum absolute atomic E-state index is 0.150. The third kappa shape index (κ3) is 1.39. The van der Waals surface area contributed by atoms with E-state index in [1.165, 1.54) is 7.11 Å². The zero-order valence-corrected chi connectivity index (χ0v) is 7.14. The summed E-state index contributed by atoms with van der Waals surface area (Å²) in [5.74, 6) is -0.458. The normalized spacial score (nSPS) is 10.1. The van der Waals surface area contributed by atoms with Crippen LogP contribution in [-0.4, -0.2) is 27.2 Å². The van der Waals surface area contributed by atoms with Gasteiger partial charge >= 0.3 is 0 Å². The van der Waals surface area contributed by atoms with Crippen LogP contribution in [0.2, 0.25) is 0 Å². The van der Waals surface area contributed by atoms with Gasteiger partial charge in [-0.1, -0.05) is 5.16 Å². The minimum Gasteiger partial charge on any atom is -0.479 e. The number of aromatic nitrogens is 4. The fraction of sp³-hybridized carbons (Fsp3) is 0.143. The van der Waals surface area contributed by atoms with Gasteiger partial charge in [-0.25, -0.2) is 4.98 Å². The van der Waals surface area contributed by atoms with E-state index < -0.39 is 5.82 Å². The lowest BCUT2D eigenvalue weighted by Gasteiger charge is -1.99. The lowest BCUT2D eigenvalue weighted by molar-refractivity contribution is 0.367. The smallest absolute Gasteiger partial charge is 0.253 e. The van der Waals surface area contributed by atoms with Crippen LogP contribution in [0.15, 0.2) is 17.1 Å². The fourth-order valence-corrected chi connectivity index (χ4v) is 0.871. The molecule has 2 rings (SSSR count). The Morgan fingerprint density at radius 3 is 2.86 bits per heavy atom. The van der Waals surface area contributed by atoms with Crippen molar-refractivity contribution in [2.24, 2.45) is 0 Å². The summed E-state index contributed by atoms with van der Waals surface area (Å²) in [5.41, 5.74) is 0. The number of nitrogens with zero attached hydrogens (tertiary/aromatic N) is 4. The van der Waals surface area contributed by atoms with E-state index >= 15 is 0 Å². The second-order valence-corrected chi connectivity index (χ2v) is 2.31. The van der Waals surface area contributed by atoms with Gasteiger partial charge in [-0.2, -0.15) is 14.4 Å². The first kappa shape index (κ1) is 8.54. The minimum atomic E-state index is -0.639. The summed E-state index contributed by atoms with van der Waals surface area (Å²) in [6.45, 7) is 0. The Bertz CT molecular complexity index is 431. The first-order chi connectivity index (χ1) is 6.81. The molecule has 0 aliphatic rings. The second-order valence-electron chi connectivity index (χ2n) is 2.31. The Hall–Kier alpha value is -2.05. The molecule has 0 spiro atoms. The number of rotatable bonds is 2. The standard InChI is InChI=1S/C7H5FN4O2/c1-13-7-4(8)2-9-5(11-7)6-10-3-14-12-6/h2-3H,1H3. The molecule has 0 bridgehead atoms. The van der Waals surface area contributed by atoms with Gasteiger partial charge in [-0.3, -0.25) is 0 Å². The Morgan fingerprint density at radius 1 is 1.36 bits per heavy atom. The SMILES string of the molecule is COc1nc(-c2ncon2)ncc1F. The van der Waals surface area contributed by atoms with Crippen LogP contribution in [0, 0.1) is 5.82 Å². The van der Waals surface area contributed by atoms with Crippen LogP contribution in [0.4, 0.5) is 4.39 Å². The largest absolute Gasteiger partial charge is 0.479 e. The molecule has 0 unspecified atom stereocenters. The van der Waals surface area contributed by atoms with Crippen molar-refractivity contribution in [1.82, 2.24) is 20.1 Å². The quantitative estimate of drug-likeness (QED) is 0.702. The Labute approximate surface area is 77.8 Å². The van der Waals surface area contributed by atoms with E-state index in [-0.39, 0.29) is 17.5 Å². The number of ether oxygens (including phenoxy) is 1. The molecule has 14 heavy (non-hydrogen) atoms. The molecule has 72 valence electrons. The predicted octanol–water partition coefficient (Wildman–Crippen LogP) is 0.674. The summed E-state index contributed by atoms with van der Waals surface area (Å²) in [7, 11) is 1.31. The molecule has 7 heteroatoms. The Morgan fingerprint density at radius 2 is 2.21 bits per heavy atom. The highest BCUT2D eigenvalue weighted by molar-refractivity contribution is 5.41. The van der Waals surface area contributed by atoms with Gasteiger partial charge in [0.05, 0.1) is 13.3 Å². The molecule has 2 heterocycles. The van der Waals surface area contributed by atoms with Crippen LogP contribution in [0.25, 0.3) is 11.6 Å². The van der Waals surface area contributed by atoms with Gasteiger partial charge in [0.2, 0.25) is 23.9 Å². The Balaban J connectivity index is 2.46. The maximum Gasteiger partial charge on any atom is 0.253 e. The number of hydrogen-bond donors (Lipinski definition) is 0. The molecule has 0 amide bonds. The van der Waals surface area contributed by atoms with Crippen molar-refractivity contribution in [1.29, 1.82) is 0 Å². The molecule has 0 aromatic carbocycles. The molecule has 0 saturated heterocycles. The molecule has 2 aromatic heterocycles. The highest BCUT2D eigenvalue weighted by Crippen LogP contribution is 2.15. The zero-order valence-electron chi connectivity index (χ0n) is 7.14. The van der Waals surface area contributed by atoms with Gasteiger partial charge in [0.1, 0.15) is 0 Å². The monoisotopic (exact) mass is 196 g/mol. The van der Waals surface area contributed by atoms with Crippen LogP contribution < -0.4 is 4.74 Å².